The molecule has 2 aromatic heterocycles. The molecule has 1 aromatic carbocycles. The Morgan fingerprint density at radius 2 is 1.44 bits per heavy atom. The van der Waals surface area contributed by atoms with E-state index in [2.05, 4.69) is 10.1 Å². The summed E-state index contributed by atoms with van der Waals surface area (Å²) in [6.07, 6.45) is -7.01. The molecule has 0 aliphatic heterocycles. The van der Waals surface area contributed by atoms with E-state index in [-0.39, 0.29) is 23.9 Å². The first-order chi connectivity index (χ1) is 14.8. The van der Waals surface area contributed by atoms with E-state index < -0.39 is 35.9 Å². The summed E-state index contributed by atoms with van der Waals surface area (Å²) in [5.74, 6) is -0.587. The van der Waals surface area contributed by atoms with Crippen LogP contribution in [0, 0.1) is 6.92 Å². The summed E-state index contributed by atoms with van der Waals surface area (Å²) in [4.78, 5) is 18.2. The van der Waals surface area contributed by atoms with Crippen molar-refractivity contribution >= 4 is 5.91 Å². The molecular weight excluding hydrogens is 438 g/mol. The minimum Gasteiger partial charge on any atom is -0.329 e. The van der Waals surface area contributed by atoms with Crippen molar-refractivity contribution in [3.05, 3.63) is 82.4 Å². The second-order valence-corrected chi connectivity index (χ2v) is 7.23. The minimum absolute atomic E-state index is 0.0524. The number of rotatable bonds is 5. The summed E-state index contributed by atoms with van der Waals surface area (Å²) in [6.45, 7) is 1.13. The maximum atomic E-state index is 13.2. The van der Waals surface area contributed by atoms with Crippen molar-refractivity contribution in [2.45, 2.75) is 32.4 Å². The Hall–Kier alpha value is -3.37. The monoisotopic (exact) mass is 456 g/mol. The van der Waals surface area contributed by atoms with Crippen LogP contribution in [-0.4, -0.2) is 25.6 Å². The number of hydrogen-bond acceptors (Lipinski definition) is 3. The first kappa shape index (κ1) is 23.3. The minimum atomic E-state index is -4.98. The van der Waals surface area contributed by atoms with Gasteiger partial charge in [-0.05, 0) is 54.4 Å². The topological polar surface area (TPSA) is 51.0 Å². The van der Waals surface area contributed by atoms with Crippen LogP contribution in [0.25, 0.3) is 0 Å². The fourth-order valence-electron chi connectivity index (χ4n) is 3.21. The molecule has 0 saturated heterocycles. The molecule has 1 amide bonds. The summed E-state index contributed by atoms with van der Waals surface area (Å²) in [7, 11) is 1.52. The number of alkyl halides is 6. The lowest BCUT2D eigenvalue weighted by molar-refractivity contribution is -0.143. The van der Waals surface area contributed by atoms with Crippen LogP contribution in [0.3, 0.4) is 0 Å². The van der Waals surface area contributed by atoms with E-state index in [1.165, 1.54) is 35.1 Å². The lowest BCUT2D eigenvalue weighted by Gasteiger charge is -2.24. The number of pyridine rings is 1. The standard InChI is InChI=1S/C21H18F6N4O/c1-13-7-18(30(2)29-13)19(32)31(11-14-3-5-28-6-4-14)12-15-8-16(20(22,23)24)10-17(9-15)21(25,26)27/h3-10H,11-12H2,1-2H3. The van der Waals surface area contributed by atoms with E-state index in [9.17, 15) is 31.1 Å². The molecule has 0 bridgehead atoms. The second kappa shape index (κ2) is 8.64. The molecule has 0 saturated carbocycles. The van der Waals surface area contributed by atoms with Crippen LogP contribution in [0.2, 0.25) is 0 Å². The maximum absolute atomic E-state index is 13.2. The normalized spacial score (nSPS) is 12.1. The quantitative estimate of drug-likeness (QED) is 0.508. The van der Waals surface area contributed by atoms with Crippen LogP contribution < -0.4 is 0 Å². The van der Waals surface area contributed by atoms with Gasteiger partial charge in [0.25, 0.3) is 5.91 Å². The Morgan fingerprint density at radius 1 is 0.906 bits per heavy atom. The number of amides is 1. The van der Waals surface area contributed by atoms with Crippen LogP contribution in [-0.2, 0) is 32.5 Å². The van der Waals surface area contributed by atoms with Gasteiger partial charge in [0.05, 0.1) is 16.8 Å². The molecule has 3 aromatic rings. The third-order valence-corrected chi connectivity index (χ3v) is 4.65. The van der Waals surface area contributed by atoms with Crippen molar-refractivity contribution in [3.63, 3.8) is 0 Å². The number of aromatic nitrogens is 3. The summed E-state index contributed by atoms with van der Waals surface area (Å²) < 4.78 is 80.7. The van der Waals surface area contributed by atoms with Crippen LogP contribution in [0.5, 0.6) is 0 Å². The van der Waals surface area contributed by atoms with Gasteiger partial charge >= 0.3 is 12.4 Å². The first-order valence-corrected chi connectivity index (χ1v) is 9.32. The van der Waals surface area contributed by atoms with Gasteiger partial charge in [-0.15, -0.1) is 0 Å². The molecule has 170 valence electrons. The van der Waals surface area contributed by atoms with Gasteiger partial charge in [0.1, 0.15) is 5.69 Å². The van der Waals surface area contributed by atoms with Gasteiger partial charge in [-0.3, -0.25) is 14.5 Å². The molecule has 0 spiro atoms. The summed E-state index contributed by atoms with van der Waals surface area (Å²) >= 11 is 0. The van der Waals surface area contributed by atoms with Crippen molar-refractivity contribution < 1.29 is 31.1 Å². The summed E-state index contributed by atoms with van der Waals surface area (Å²) in [5.41, 5.74) is -1.87. The molecule has 0 atom stereocenters. The van der Waals surface area contributed by atoms with Gasteiger partial charge in [0.2, 0.25) is 0 Å². The van der Waals surface area contributed by atoms with Crippen molar-refractivity contribution in [1.82, 2.24) is 19.7 Å². The highest BCUT2D eigenvalue weighted by atomic mass is 19.4. The number of hydrogen-bond donors (Lipinski definition) is 0. The first-order valence-electron chi connectivity index (χ1n) is 9.32. The van der Waals surface area contributed by atoms with Gasteiger partial charge in [0, 0.05) is 32.5 Å². The van der Waals surface area contributed by atoms with Crippen LogP contribution >= 0.6 is 0 Å². The van der Waals surface area contributed by atoms with E-state index in [0.29, 0.717) is 23.4 Å². The molecule has 0 aliphatic rings. The lowest BCUT2D eigenvalue weighted by atomic mass is 10.0. The van der Waals surface area contributed by atoms with Crippen molar-refractivity contribution in [2.24, 2.45) is 7.05 Å². The molecule has 11 heteroatoms. The fourth-order valence-corrected chi connectivity index (χ4v) is 3.21. The highest BCUT2D eigenvalue weighted by molar-refractivity contribution is 5.92. The van der Waals surface area contributed by atoms with E-state index in [4.69, 9.17) is 0 Å². The molecule has 3 rings (SSSR count). The molecule has 0 aliphatic carbocycles. The van der Waals surface area contributed by atoms with E-state index in [0.717, 1.165) is 0 Å². The lowest BCUT2D eigenvalue weighted by Crippen LogP contribution is -2.32. The predicted molar refractivity (Wildman–Crippen MR) is 102 cm³/mol. The smallest absolute Gasteiger partial charge is 0.329 e. The van der Waals surface area contributed by atoms with Crippen LogP contribution in [0.15, 0.2) is 48.8 Å². The fraction of sp³-hybridized carbons (Fsp3) is 0.286. The van der Waals surface area contributed by atoms with E-state index in [1.54, 1.807) is 19.1 Å². The largest absolute Gasteiger partial charge is 0.416 e. The second-order valence-electron chi connectivity index (χ2n) is 7.23. The van der Waals surface area contributed by atoms with Crippen molar-refractivity contribution in [1.29, 1.82) is 0 Å². The Kier molecular flexibility index (Phi) is 6.29. The highest BCUT2D eigenvalue weighted by Crippen LogP contribution is 2.36. The van der Waals surface area contributed by atoms with Crippen molar-refractivity contribution in [3.8, 4) is 0 Å². The third kappa shape index (κ3) is 5.45. The highest BCUT2D eigenvalue weighted by Gasteiger charge is 2.37. The van der Waals surface area contributed by atoms with Gasteiger partial charge < -0.3 is 4.90 Å². The van der Waals surface area contributed by atoms with Gasteiger partial charge in [-0.25, -0.2) is 0 Å². The predicted octanol–water partition coefficient (Wildman–Crippen LogP) is 5.00. The molecule has 5 nitrogen and oxygen atoms in total. The van der Waals surface area contributed by atoms with Crippen molar-refractivity contribution in [2.75, 3.05) is 0 Å². The maximum Gasteiger partial charge on any atom is 0.416 e. The van der Waals surface area contributed by atoms with Crippen LogP contribution in [0.4, 0.5) is 26.3 Å². The zero-order valence-corrected chi connectivity index (χ0v) is 17.0. The molecule has 0 fully saturated rings. The molecular formula is C21H18F6N4O. The third-order valence-electron chi connectivity index (χ3n) is 4.65. The van der Waals surface area contributed by atoms with Gasteiger partial charge in [-0.2, -0.15) is 31.4 Å². The average Bonchev–Trinajstić information content (AvgIpc) is 3.04. The summed E-state index contributed by atoms with van der Waals surface area (Å²) in [5, 5.41) is 4.08. The Labute approximate surface area is 179 Å². The molecule has 0 radical (unpaired) electrons. The molecule has 2 heterocycles. The number of carbonyl (C=O) groups excluding carboxylic acids is 1. The van der Waals surface area contributed by atoms with Crippen LogP contribution in [0.1, 0.15) is 38.4 Å². The van der Waals surface area contributed by atoms with Gasteiger partial charge in [0.15, 0.2) is 0 Å². The van der Waals surface area contributed by atoms with E-state index >= 15 is 0 Å². The SMILES string of the molecule is Cc1cc(C(=O)N(Cc2ccncc2)Cc2cc(C(F)(F)F)cc(C(F)(F)F)c2)n(C)n1. The summed E-state index contributed by atoms with van der Waals surface area (Å²) in [6, 6.07) is 6.00. The zero-order chi connectivity index (χ0) is 23.7. The number of aryl methyl sites for hydroxylation is 2. The Bertz CT molecular complexity index is 1070. The zero-order valence-electron chi connectivity index (χ0n) is 17.0. The van der Waals surface area contributed by atoms with Gasteiger partial charge in [-0.1, -0.05) is 0 Å². The molecule has 32 heavy (non-hydrogen) atoms. The number of halogens is 6. The number of benzene rings is 1. The number of nitrogens with zero attached hydrogens (tertiary/aromatic N) is 4. The number of carbonyl (C=O) groups is 1. The molecule has 0 N–H and O–H groups in total. The Balaban J connectivity index is 2.04. The Morgan fingerprint density at radius 3 is 1.91 bits per heavy atom. The average molecular weight is 456 g/mol. The van der Waals surface area contributed by atoms with E-state index in [1.807, 2.05) is 0 Å². The molecule has 0 unspecified atom stereocenters.